The van der Waals surface area contributed by atoms with Gasteiger partial charge in [-0.3, -0.25) is 4.79 Å². The Labute approximate surface area is 184 Å². The van der Waals surface area contributed by atoms with Crippen LogP contribution in [0.25, 0.3) is 0 Å². The van der Waals surface area contributed by atoms with Crippen LogP contribution in [0.3, 0.4) is 0 Å². The Kier molecular flexibility index (Phi) is 6.52. The first-order valence-electron chi connectivity index (χ1n) is 9.80. The van der Waals surface area contributed by atoms with Crippen molar-refractivity contribution in [1.82, 2.24) is 0 Å². The highest BCUT2D eigenvalue weighted by molar-refractivity contribution is 6.09. The Bertz CT molecular complexity index is 1030. The van der Waals surface area contributed by atoms with Gasteiger partial charge in [-0.05, 0) is 25.1 Å². The number of nitrogens with zero attached hydrogens (tertiary/aromatic N) is 2. The number of anilines is 2. The fourth-order valence-electron chi connectivity index (χ4n) is 4.09. The van der Waals surface area contributed by atoms with Crippen molar-refractivity contribution in [2.75, 3.05) is 44.8 Å². The molecule has 0 N–H and O–H groups in total. The SMILES string of the molecule is CCN1C2=CC(C(=O)OC)=C(C(=O)OC)C(C(=O)OC)C(C(=O)OC)N2c2ccccc21. The van der Waals surface area contributed by atoms with Crippen LogP contribution in [0.4, 0.5) is 11.4 Å². The molecule has 32 heavy (non-hydrogen) atoms. The van der Waals surface area contributed by atoms with E-state index in [4.69, 9.17) is 18.9 Å². The topological polar surface area (TPSA) is 112 Å². The maximum absolute atomic E-state index is 13.1. The third-order valence-corrected chi connectivity index (χ3v) is 5.45. The summed E-state index contributed by atoms with van der Waals surface area (Å²) in [5.74, 6) is -4.69. The van der Waals surface area contributed by atoms with Gasteiger partial charge in [-0.1, -0.05) is 12.1 Å². The Balaban J connectivity index is 2.45. The average molecular weight is 444 g/mol. The molecule has 0 spiro atoms. The monoisotopic (exact) mass is 444 g/mol. The number of hydrogen-bond acceptors (Lipinski definition) is 10. The quantitative estimate of drug-likeness (QED) is 0.484. The van der Waals surface area contributed by atoms with Crippen molar-refractivity contribution in [3.63, 3.8) is 0 Å². The number of carbonyl (C=O) groups excluding carboxylic acids is 4. The molecule has 10 heteroatoms. The van der Waals surface area contributed by atoms with Crippen LogP contribution in [0.5, 0.6) is 0 Å². The molecule has 0 saturated heterocycles. The molecule has 0 bridgehead atoms. The number of hydrogen-bond donors (Lipinski definition) is 0. The Morgan fingerprint density at radius 2 is 1.44 bits per heavy atom. The van der Waals surface area contributed by atoms with Crippen molar-refractivity contribution in [2.24, 2.45) is 5.92 Å². The van der Waals surface area contributed by atoms with Gasteiger partial charge < -0.3 is 28.7 Å². The molecule has 0 saturated carbocycles. The van der Waals surface area contributed by atoms with Gasteiger partial charge in [-0.15, -0.1) is 0 Å². The molecule has 1 aromatic carbocycles. The third kappa shape index (κ3) is 3.47. The van der Waals surface area contributed by atoms with Crippen LogP contribution >= 0.6 is 0 Å². The number of carbonyl (C=O) groups is 4. The molecule has 0 fully saturated rings. The molecule has 10 nitrogen and oxygen atoms in total. The largest absolute Gasteiger partial charge is 0.468 e. The van der Waals surface area contributed by atoms with Crippen LogP contribution in [0.1, 0.15) is 6.92 Å². The summed E-state index contributed by atoms with van der Waals surface area (Å²) in [6.07, 6.45) is 1.42. The summed E-state index contributed by atoms with van der Waals surface area (Å²) in [6, 6.07) is 5.86. The molecule has 2 heterocycles. The Morgan fingerprint density at radius 1 is 0.844 bits per heavy atom. The van der Waals surface area contributed by atoms with Crippen molar-refractivity contribution in [3.05, 3.63) is 47.3 Å². The summed E-state index contributed by atoms with van der Waals surface area (Å²) < 4.78 is 19.7. The molecular formula is C22H24N2O8. The van der Waals surface area contributed by atoms with E-state index in [9.17, 15) is 19.2 Å². The molecule has 2 atom stereocenters. The lowest BCUT2D eigenvalue weighted by Gasteiger charge is -2.33. The lowest BCUT2D eigenvalue weighted by molar-refractivity contribution is -0.154. The van der Waals surface area contributed by atoms with Gasteiger partial charge in [-0.2, -0.15) is 0 Å². The summed E-state index contributed by atoms with van der Waals surface area (Å²) >= 11 is 0. The first kappa shape index (κ1) is 22.9. The Morgan fingerprint density at radius 3 is 1.97 bits per heavy atom. The van der Waals surface area contributed by atoms with E-state index in [0.29, 0.717) is 18.1 Å². The van der Waals surface area contributed by atoms with Gasteiger partial charge in [0.15, 0.2) is 6.04 Å². The van der Waals surface area contributed by atoms with Gasteiger partial charge in [0.05, 0.1) is 51.0 Å². The van der Waals surface area contributed by atoms with Gasteiger partial charge in [0, 0.05) is 6.54 Å². The summed E-state index contributed by atoms with van der Waals surface area (Å²) in [5.41, 5.74) is 0.786. The molecule has 2 aliphatic rings. The number of rotatable bonds is 5. The van der Waals surface area contributed by atoms with Crippen LogP contribution in [-0.2, 0) is 38.1 Å². The van der Waals surface area contributed by atoms with Gasteiger partial charge in [0.25, 0.3) is 0 Å². The number of fused-ring (bicyclic) bond motifs is 3. The predicted molar refractivity (Wildman–Crippen MR) is 112 cm³/mol. The molecule has 3 rings (SSSR count). The molecule has 170 valence electrons. The second-order valence-corrected chi connectivity index (χ2v) is 6.88. The average Bonchev–Trinajstić information content (AvgIpc) is 3.04. The molecule has 0 amide bonds. The first-order chi connectivity index (χ1) is 15.4. The minimum Gasteiger partial charge on any atom is -0.468 e. The number of ether oxygens (including phenoxy) is 4. The van der Waals surface area contributed by atoms with E-state index >= 15 is 0 Å². The molecular weight excluding hydrogens is 420 g/mol. The first-order valence-corrected chi connectivity index (χ1v) is 9.80. The number of para-hydroxylation sites is 2. The summed E-state index contributed by atoms with van der Waals surface area (Å²) in [6.45, 7) is 2.36. The molecule has 0 radical (unpaired) electrons. The maximum Gasteiger partial charge on any atom is 0.338 e. The van der Waals surface area contributed by atoms with Crippen LogP contribution in [0.2, 0.25) is 0 Å². The predicted octanol–water partition coefficient (Wildman–Crippen LogP) is 1.16. The zero-order valence-electron chi connectivity index (χ0n) is 18.4. The van der Waals surface area contributed by atoms with Crippen LogP contribution in [0, 0.1) is 5.92 Å². The maximum atomic E-state index is 13.1. The minimum absolute atomic E-state index is 0.215. The zero-order valence-corrected chi connectivity index (χ0v) is 18.4. The fourth-order valence-corrected chi connectivity index (χ4v) is 4.09. The van der Waals surface area contributed by atoms with Gasteiger partial charge in [0.2, 0.25) is 0 Å². The van der Waals surface area contributed by atoms with Crippen molar-refractivity contribution in [1.29, 1.82) is 0 Å². The van der Waals surface area contributed by atoms with E-state index in [-0.39, 0.29) is 11.1 Å². The number of esters is 4. The van der Waals surface area contributed by atoms with E-state index in [1.807, 2.05) is 24.0 Å². The normalized spacial score (nSPS) is 19.3. The molecule has 2 unspecified atom stereocenters. The van der Waals surface area contributed by atoms with Crippen molar-refractivity contribution in [3.8, 4) is 0 Å². The standard InChI is InChI=1S/C22H24N2O8/c1-6-23-13-9-7-8-10-14(13)24-15(23)11-12(19(25)29-2)16(20(26)30-3)17(21(27)31-4)18(24)22(28)32-5/h7-11,17-18H,6H2,1-5H3. The van der Waals surface area contributed by atoms with Gasteiger partial charge in [-0.25, -0.2) is 14.4 Å². The van der Waals surface area contributed by atoms with Crippen LogP contribution in [0.15, 0.2) is 47.3 Å². The highest BCUT2D eigenvalue weighted by atomic mass is 16.5. The fraction of sp³-hybridized carbons (Fsp3) is 0.364. The van der Waals surface area contributed by atoms with E-state index in [2.05, 4.69) is 0 Å². The molecule has 0 aromatic heterocycles. The van der Waals surface area contributed by atoms with E-state index in [1.54, 1.807) is 17.0 Å². The lowest BCUT2D eigenvalue weighted by atomic mass is 9.87. The van der Waals surface area contributed by atoms with Crippen LogP contribution < -0.4 is 9.80 Å². The number of methoxy groups -OCH3 is 4. The summed E-state index contributed by atoms with van der Waals surface area (Å²) in [4.78, 5) is 55.1. The summed E-state index contributed by atoms with van der Waals surface area (Å²) in [7, 11) is 4.56. The third-order valence-electron chi connectivity index (χ3n) is 5.45. The molecule has 2 aliphatic heterocycles. The molecule has 0 aliphatic carbocycles. The van der Waals surface area contributed by atoms with E-state index < -0.39 is 35.8 Å². The van der Waals surface area contributed by atoms with E-state index in [0.717, 1.165) is 27.0 Å². The van der Waals surface area contributed by atoms with Gasteiger partial charge in [0.1, 0.15) is 11.7 Å². The van der Waals surface area contributed by atoms with E-state index in [1.165, 1.54) is 13.2 Å². The highest BCUT2D eigenvalue weighted by Gasteiger charge is 2.52. The summed E-state index contributed by atoms with van der Waals surface area (Å²) in [5, 5.41) is 0. The highest BCUT2D eigenvalue weighted by Crippen LogP contribution is 2.47. The smallest absolute Gasteiger partial charge is 0.338 e. The number of benzene rings is 1. The van der Waals surface area contributed by atoms with Crippen LogP contribution in [-0.4, -0.2) is 64.9 Å². The van der Waals surface area contributed by atoms with Gasteiger partial charge >= 0.3 is 23.9 Å². The van der Waals surface area contributed by atoms with Crippen molar-refractivity contribution < 1.29 is 38.1 Å². The minimum atomic E-state index is -1.53. The second kappa shape index (κ2) is 9.13. The second-order valence-electron chi connectivity index (χ2n) is 6.88. The Hall–Kier alpha value is -3.82. The zero-order chi connectivity index (χ0) is 23.6. The van der Waals surface area contributed by atoms with Crippen molar-refractivity contribution in [2.45, 2.75) is 13.0 Å². The van der Waals surface area contributed by atoms with Crippen molar-refractivity contribution >= 4 is 35.3 Å². The molecule has 1 aromatic rings. The lowest BCUT2D eigenvalue weighted by Crippen LogP contribution is -2.50.